The van der Waals surface area contributed by atoms with Crippen LogP contribution in [0.1, 0.15) is 33.3 Å². The summed E-state index contributed by atoms with van der Waals surface area (Å²) in [6.45, 7) is 1.42. The van der Waals surface area contributed by atoms with E-state index in [1.807, 2.05) is 0 Å². The summed E-state index contributed by atoms with van der Waals surface area (Å²) in [6.07, 6.45) is -2.38. The van der Waals surface area contributed by atoms with E-state index in [4.69, 9.17) is 0 Å². The Hall–Kier alpha value is -3.63. The van der Waals surface area contributed by atoms with Crippen LogP contribution >= 0.6 is 0 Å². The number of hydrogen-bond donors (Lipinski definition) is 1. The minimum atomic E-state index is -4.84. The Morgan fingerprint density at radius 2 is 1.86 bits per heavy atom. The number of esters is 1. The fourth-order valence-electron chi connectivity index (χ4n) is 2.60. The number of amides is 1. The van der Waals surface area contributed by atoms with Gasteiger partial charge in [-0.25, -0.2) is 9.48 Å². The van der Waals surface area contributed by atoms with Gasteiger partial charge in [0.05, 0.1) is 18.5 Å². The van der Waals surface area contributed by atoms with E-state index in [0.717, 1.165) is 6.20 Å². The second-order valence-electron chi connectivity index (χ2n) is 5.91. The van der Waals surface area contributed by atoms with Crippen LogP contribution in [0.15, 0.2) is 42.7 Å². The number of aryl methyl sites for hydroxylation is 1. The third-order valence-electron chi connectivity index (χ3n) is 3.86. The molecule has 0 aliphatic carbocycles. The molecule has 0 fully saturated rings. The van der Waals surface area contributed by atoms with Crippen LogP contribution in [0.3, 0.4) is 0 Å². The van der Waals surface area contributed by atoms with Crippen molar-refractivity contribution in [3.8, 4) is 5.69 Å². The van der Waals surface area contributed by atoms with Crippen LogP contribution in [0.25, 0.3) is 5.69 Å². The second-order valence-corrected chi connectivity index (χ2v) is 5.91. The lowest BCUT2D eigenvalue weighted by Gasteiger charge is -2.12. The zero-order chi connectivity index (χ0) is 21.2. The molecule has 0 atom stereocenters. The zero-order valence-electron chi connectivity index (χ0n) is 15.4. The molecule has 11 heteroatoms. The number of hydrogen-bond acceptors (Lipinski definition) is 5. The van der Waals surface area contributed by atoms with E-state index < -0.39 is 29.3 Å². The van der Waals surface area contributed by atoms with Crippen molar-refractivity contribution in [1.82, 2.24) is 19.6 Å². The highest BCUT2D eigenvalue weighted by molar-refractivity contribution is 6.03. The monoisotopic (exact) mass is 407 g/mol. The van der Waals surface area contributed by atoms with Gasteiger partial charge in [0, 0.05) is 24.9 Å². The third-order valence-corrected chi connectivity index (χ3v) is 3.86. The molecule has 8 nitrogen and oxygen atoms in total. The van der Waals surface area contributed by atoms with Gasteiger partial charge in [0.15, 0.2) is 11.5 Å². The quantitative estimate of drug-likeness (QED) is 0.657. The summed E-state index contributed by atoms with van der Waals surface area (Å²) in [5.41, 5.74) is -1.69. The fraction of sp³-hybridized carbons (Fsp3) is 0.222. The Labute approximate surface area is 162 Å². The van der Waals surface area contributed by atoms with Gasteiger partial charge < -0.3 is 10.1 Å². The first-order valence-electron chi connectivity index (χ1n) is 8.44. The minimum Gasteiger partial charge on any atom is -0.462 e. The van der Waals surface area contributed by atoms with E-state index in [1.165, 1.54) is 35.9 Å². The summed E-state index contributed by atoms with van der Waals surface area (Å²) in [4.78, 5) is 24.1. The number of rotatable bonds is 5. The molecule has 0 bridgehead atoms. The number of ether oxygens (including phenoxy) is 1. The maximum absolute atomic E-state index is 13.5. The molecule has 3 aromatic rings. The van der Waals surface area contributed by atoms with Crippen LogP contribution in [0, 0.1) is 0 Å². The lowest BCUT2D eigenvalue weighted by molar-refractivity contribution is -0.143. The van der Waals surface area contributed by atoms with Crippen LogP contribution in [0.5, 0.6) is 0 Å². The van der Waals surface area contributed by atoms with Gasteiger partial charge in [-0.1, -0.05) is 0 Å². The Morgan fingerprint density at radius 3 is 2.41 bits per heavy atom. The first kappa shape index (κ1) is 20.1. The standard InChI is InChI=1S/C18H16F3N5O3/c1-3-29-17(28)13-10-22-26(15(13)18(19,20)21)12-6-4-11(5-7-12)16(27)23-14-8-9-25(2)24-14/h4-10H,3H2,1-2H3,(H,23,24,27). The SMILES string of the molecule is CCOC(=O)c1cnn(-c2ccc(C(=O)Nc3ccn(C)n3)cc2)c1C(F)(F)F. The molecular weight excluding hydrogens is 391 g/mol. The molecule has 1 N–H and O–H groups in total. The van der Waals surface area contributed by atoms with Crippen molar-refractivity contribution in [3.63, 3.8) is 0 Å². The Bertz CT molecular complexity index is 1040. The molecule has 1 amide bonds. The van der Waals surface area contributed by atoms with Gasteiger partial charge in [0.25, 0.3) is 5.91 Å². The van der Waals surface area contributed by atoms with Crippen molar-refractivity contribution in [1.29, 1.82) is 0 Å². The second kappa shape index (κ2) is 7.78. The average Bonchev–Trinajstić information content (AvgIpc) is 3.28. The predicted molar refractivity (Wildman–Crippen MR) is 95.7 cm³/mol. The molecule has 0 aliphatic rings. The molecule has 0 aliphatic heterocycles. The molecule has 0 saturated heterocycles. The molecule has 0 saturated carbocycles. The highest BCUT2D eigenvalue weighted by Crippen LogP contribution is 2.34. The number of aromatic nitrogens is 4. The molecule has 0 unspecified atom stereocenters. The van der Waals surface area contributed by atoms with Crippen molar-refractivity contribution >= 4 is 17.7 Å². The summed E-state index contributed by atoms with van der Waals surface area (Å²) in [6, 6.07) is 6.89. The number of carbonyl (C=O) groups is 2. The highest BCUT2D eigenvalue weighted by atomic mass is 19.4. The molecule has 3 rings (SSSR count). The van der Waals surface area contributed by atoms with E-state index in [9.17, 15) is 22.8 Å². The van der Waals surface area contributed by atoms with E-state index in [0.29, 0.717) is 10.5 Å². The summed E-state index contributed by atoms with van der Waals surface area (Å²) in [5.74, 6) is -1.25. The highest BCUT2D eigenvalue weighted by Gasteiger charge is 2.41. The van der Waals surface area contributed by atoms with Gasteiger partial charge >= 0.3 is 12.1 Å². The maximum atomic E-state index is 13.5. The molecule has 0 radical (unpaired) electrons. The van der Waals surface area contributed by atoms with Crippen LogP contribution in [-0.4, -0.2) is 38.0 Å². The molecule has 1 aromatic carbocycles. The van der Waals surface area contributed by atoms with Crippen molar-refractivity contribution in [2.24, 2.45) is 7.05 Å². The van der Waals surface area contributed by atoms with Gasteiger partial charge in [-0.3, -0.25) is 9.48 Å². The van der Waals surface area contributed by atoms with E-state index >= 15 is 0 Å². The van der Waals surface area contributed by atoms with E-state index in [-0.39, 0.29) is 17.9 Å². The fourth-order valence-corrected chi connectivity index (χ4v) is 2.60. The Morgan fingerprint density at radius 1 is 1.17 bits per heavy atom. The van der Waals surface area contributed by atoms with Crippen LogP contribution in [0.2, 0.25) is 0 Å². The number of benzene rings is 1. The number of nitrogens with zero attached hydrogens (tertiary/aromatic N) is 4. The van der Waals surface area contributed by atoms with Gasteiger partial charge in [0.2, 0.25) is 0 Å². The Balaban J connectivity index is 1.89. The number of halogens is 3. The number of alkyl halides is 3. The first-order valence-corrected chi connectivity index (χ1v) is 8.44. The molecule has 152 valence electrons. The smallest absolute Gasteiger partial charge is 0.434 e. The minimum absolute atomic E-state index is 0.0299. The van der Waals surface area contributed by atoms with Gasteiger partial charge in [-0.15, -0.1) is 0 Å². The maximum Gasteiger partial charge on any atom is 0.434 e. The summed E-state index contributed by atoms with van der Waals surface area (Å²) in [7, 11) is 1.69. The molecular formula is C18H16F3N5O3. The van der Waals surface area contributed by atoms with Crippen LogP contribution in [-0.2, 0) is 18.0 Å². The third kappa shape index (κ3) is 4.28. The van der Waals surface area contributed by atoms with Gasteiger partial charge in [-0.2, -0.15) is 23.4 Å². The van der Waals surface area contributed by atoms with Crippen molar-refractivity contribution in [2.75, 3.05) is 11.9 Å². The van der Waals surface area contributed by atoms with Gasteiger partial charge in [-0.05, 0) is 31.2 Å². The molecule has 29 heavy (non-hydrogen) atoms. The summed E-state index contributed by atoms with van der Waals surface area (Å²) < 4.78 is 47.4. The Kier molecular flexibility index (Phi) is 5.39. The zero-order valence-corrected chi connectivity index (χ0v) is 15.4. The van der Waals surface area contributed by atoms with E-state index in [1.54, 1.807) is 19.3 Å². The van der Waals surface area contributed by atoms with Crippen LogP contribution in [0.4, 0.5) is 19.0 Å². The van der Waals surface area contributed by atoms with Crippen molar-refractivity contribution in [2.45, 2.75) is 13.1 Å². The number of nitrogens with one attached hydrogen (secondary N) is 1. The van der Waals surface area contributed by atoms with Gasteiger partial charge in [0.1, 0.15) is 5.56 Å². The summed E-state index contributed by atoms with van der Waals surface area (Å²) >= 11 is 0. The molecule has 2 heterocycles. The van der Waals surface area contributed by atoms with E-state index in [2.05, 4.69) is 20.3 Å². The van der Waals surface area contributed by atoms with Crippen molar-refractivity contribution in [3.05, 3.63) is 59.5 Å². The normalized spacial score (nSPS) is 11.3. The topological polar surface area (TPSA) is 91.0 Å². The van der Waals surface area contributed by atoms with Crippen molar-refractivity contribution < 1.29 is 27.5 Å². The predicted octanol–water partition coefficient (Wildman–Crippen LogP) is 3.05. The first-order chi connectivity index (χ1) is 13.7. The number of anilines is 1. The lowest BCUT2D eigenvalue weighted by atomic mass is 10.2. The summed E-state index contributed by atoms with van der Waals surface area (Å²) in [5, 5.41) is 10.3. The largest absolute Gasteiger partial charge is 0.462 e. The number of carbonyl (C=O) groups excluding carboxylic acids is 2. The molecule has 0 spiro atoms. The average molecular weight is 407 g/mol. The lowest BCUT2D eigenvalue weighted by Crippen LogP contribution is -2.18. The molecule has 2 aromatic heterocycles. The van der Waals surface area contributed by atoms with Crippen LogP contribution < -0.4 is 5.32 Å².